The van der Waals surface area contributed by atoms with Gasteiger partial charge >= 0.3 is 6.18 Å². The van der Waals surface area contributed by atoms with Crippen LogP contribution in [0.2, 0.25) is 5.02 Å². The first-order chi connectivity index (χ1) is 18.2. The highest BCUT2D eigenvalue weighted by atomic mass is 35.5. The van der Waals surface area contributed by atoms with Crippen LogP contribution in [0.5, 0.6) is 0 Å². The predicted octanol–water partition coefficient (Wildman–Crippen LogP) is 7.99. The summed E-state index contributed by atoms with van der Waals surface area (Å²) in [6, 6.07) is 19.2. The molecule has 38 heavy (non-hydrogen) atoms. The molecule has 0 aliphatic heterocycles. The molecule has 0 unspecified atom stereocenters. The number of nitrogens with zero attached hydrogens (tertiary/aromatic N) is 3. The van der Waals surface area contributed by atoms with Crippen molar-refractivity contribution in [1.29, 1.82) is 0 Å². The topological polar surface area (TPSA) is 59.8 Å². The third-order valence-corrected chi connectivity index (χ3v) is 7.01. The van der Waals surface area contributed by atoms with Crippen molar-refractivity contribution in [1.82, 2.24) is 14.8 Å². The lowest BCUT2D eigenvalue weighted by Gasteiger charge is -2.14. The maximum atomic E-state index is 13.4. The van der Waals surface area contributed by atoms with Gasteiger partial charge in [0.1, 0.15) is 0 Å². The van der Waals surface area contributed by atoms with Gasteiger partial charge in [-0.3, -0.25) is 9.36 Å². The molecule has 0 atom stereocenters. The van der Waals surface area contributed by atoms with Crippen molar-refractivity contribution in [2.24, 2.45) is 0 Å². The highest BCUT2D eigenvalue weighted by Crippen LogP contribution is 2.37. The predicted molar refractivity (Wildman–Crippen MR) is 146 cm³/mol. The lowest BCUT2D eigenvalue weighted by atomic mass is 10.1. The Kier molecular flexibility index (Phi) is 8.79. The van der Waals surface area contributed by atoms with Crippen LogP contribution in [-0.2, 0) is 17.4 Å². The summed E-state index contributed by atoms with van der Waals surface area (Å²) in [5.74, 6) is -0.170. The van der Waals surface area contributed by atoms with Crippen LogP contribution in [0.1, 0.15) is 36.5 Å². The van der Waals surface area contributed by atoms with Crippen LogP contribution in [0.25, 0.3) is 17.1 Å². The third kappa shape index (κ3) is 6.76. The average Bonchev–Trinajstić information content (AvgIpc) is 3.31. The largest absolute Gasteiger partial charge is 0.418 e. The number of aryl methyl sites for hydroxylation is 2. The zero-order chi connectivity index (χ0) is 27.3. The number of nitrogens with one attached hydrogen (secondary N) is 1. The molecule has 0 saturated heterocycles. The fourth-order valence-electron chi connectivity index (χ4n) is 3.85. The van der Waals surface area contributed by atoms with E-state index in [1.165, 1.54) is 11.6 Å². The lowest BCUT2D eigenvalue weighted by Crippen LogP contribution is -2.18. The average molecular weight is 559 g/mol. The van der Waals surface area contributed by atoms with Gasteiger partial charge in [-0.2, -0.15) is 13.2 Å². The first kappa shape index (κ1) is 27.7. The molecule has 0 saturated carbocycles. The molecule has 4 aromatic rings. The van der Waals surface area contributed by atoms with E-state index < -0.39 is 17.6 Å². The molecule has 1 N–H and O–H groups in total. The summed E-state index contributed by atoms with van der Waals surface area (Å²) in [5.41, 5.74) is 2.65. The fourth-order valence-corrected chi connectivity index (χ4v) is 4.78. The van der Waals surface area contributed by atoms with E-state index >= 15 is 0 Å². The third-order valence-electron chi connectivity index (χ3n) is 5.85. The Labute approximate surface area is 228 Å². The summed E-state index contributed by atoms with van der Waals surface area (Å²) in [4.78, 5) is 12.7. The molecule has 0 aliphatic carbocycles. The summed E-state index contributed by atoms with van der Waals surface area (Å²) in [5, 5.41) is 11.4. The molecule has 1 heterocycles. The zero-order valence-corrected chi connectivity index (χ0v) is 22.4. The quantitative estimate of drug-likeness (QED) is 0.211. The zero-order valence-electron chi connectivity index (χ0n) is 20.8. The van der Waals surface area contributed by atoms with E-state index in [4.69, 9.17) is 11.6 Å². The van der Waals surface area contributed by atoms with Crippen molar-refractivity contribution in [2.45, 2.75) is 44.4 Å². The maximum Gasteiger partial charge on any atom is 0.418 e. The fraction of sp³-hybridized carbons (Fsp3) is 0.250. The van der Waals surface area contributed by atoms with Crippen molar-refractivity contribution in [3.63, 3.8) is 0 Å². The van der Waals surface area contributed by atoms with Crippen molar-refractivity contribution in [3.8, 4) is 17.1 Å². The van der Waals surface area contributed by atoms with Gasteiger partial charge in [-0.25, -0.2) is 0 Å². The number of rotatable bonds is 9. The van der Waals surface area contributed by atoms with E-state index in [0.717, 1.165) is 60.0 Å². The molecule has 4 rings (SSSR count). The second-order valence-electron chi connectivity index (χ2n) is 8.80. The summed E-state index contributed by atoms with van der Waals surface area (Å²) < 4.78 is 42.1. The van der Waals surface area contributed by atoms with E-state index in [1.54, 1.807) is 0 Å². The maximum absolute atomic E-state index is 13.4. The molecule has 0 fully saturated rings. The Bertz CT molecular complexity index is 1400. The van der Waals surface area contributed by atoms with Crippen molar-refractivity contribution >= 4 is 35.0 Å². The van der Waals surface area contributed by atoms with E-state index in [-0.39, 0.29) is 16.5 Å². The summed E-state index contributed by atoms with van der Waals surface area (Å²) in [6.07, 6.45) is -1.47. The lowest BCUT2D eigenvalue weighted by molar-refractivity contribution is -0.137. The molecule has 5 nitrogen and oxygen atoms in total. The number of anilines is 1. The van der Waals surface area contributed by atoms with Crippen LogP contribution in [0, 0.1) is 6.92 Å². The highest BCUT2D eigenvalue weighted by Gasteiger charge is 2.34. The number of halogens is 4. The number of unbranched alkanes of at least 4 members (excludes halogenated alkanes) is 1. The van der Waals surface area contributed by atoms with Gasteiger partial charge in [0, 0.05) is 16.3 Å². The van der Waals surface area contributed by atoms with Gasteiger partial charge < -0.3 is 5.32 Å². The van der Waals surface area contributed by atoms with Crippen LogP contribution in [0.3, 0.4) is 0 Å². The van der Waals surface area contributed by atoms with Crippen LogP contribution >= 0.6 is 23.4 Å². The number of thioether (sulfide) groups is 1. The molecule has 1 aromatic heterocycles. The van der Waals surface area contributed by atoms with Crippen LogP contribution in [0.15, 0.2) is 71.9 Å². The van der Waals surface area contributed by atoms with E-state index in [1.807, 2.05) is 47.9 Å². The second kappa shape index (κ2) is 12.0. The van der Waals surface area contributed by atoms with Gasteiger partial charge in [0.25, 0.3) is 0 Å². The second-order valence-corrected chi connectivity index (χ2v) is 10.2. The normalized spacial score (nSPS) is 11.5. The van der Waals surface area contributed by atoms with Crippen molar-refractivity contribution in [2.75, 3.05) is 11.1 Å². The number of carbonyl (C=O) groups is 1. The molecule has 0 spiro atoms. The number of aromatic nitrogens is 3. The van der Waals surface area contributed by atoms with Gasteiger partial charge in [-0.1, -0.05) is 78.7 Å². The minimum atomic E-state index is -4.66. The number of benzene rings is 3. The van der Waals surface area contributed by atoms with Crippen LogP contribution in [0.4, 0.5) is 18.9 Å². The van der Waals surface area contributed by atoms with E-state index in [9.17, 15) is 18.0 Å². The SMILES string of the molecule is CCCCc1ccc(-n2c(SCC(=O)Nc3ccc(Cl)cc3C(F)(F)F)nnc2-c2ccc(C)cc2)cc1. The minimum Gasteiger partial charge on any atom is -0.325 e. The molecule has 1 amide bonds. The summed E-state index contributed by atoms with van der Waals surface area (Å²) in [7, 11) is 0. The molecular weight excluding hydrogens is 533 g/mol. The number of alkyl halides is 3. The summed E-state index contributed by atoms with van der Waals surface area (Å²) in [6.45, 7) is 4.14. The Morgan fingerprint density at radius 2 is 1.74 bits per heavy atom. The number of hydrogen-bond donors (Lipinski definition) is 1. The standard InChI is InChI=1S/C28H26ClF3N4OS/c1-3-4-5-19-8-13-22(14-9-19)36-26(20-10-6-18(2)7-11-20)34-35-27(36)38-17-25(37)33-24-15-12-21(29)16-23(24)28(30,31)32/h6-16H,3-5,17H2,1-2H3,(H,33,37). The Morgan fingerprint density at radius 3 is 2.39 bits per heavy atom. The van der Waals surface area contributed by atoms with Gasteiger partial charge in [0.15, 0.2) is 11.0 Å². The number of amides is 1. The molecule has 0 aliphatic rings. The van der Waals surface area contributed by atoms with Gasteiger partial charge in [-0.15, -0.1) is 10.2 Å². The Hall–Kier alpha value is -3.30. The van der Waals surface area contributed by atoms with Crippen LogP contribution in [-0.4, -0.2) is 26.4 Å². The van der Waals surface area contributed by atoms with Gasteiger partial charge in [0.2, 0.25) is 5.91 Å². The highest BCUT2D eigenvalue weighted by molar-refractivity contribution is 7.99. The number of carbonyl (C=O) groups excluding carboxylic acids is 1. The monoisotopic (exact) mass is 558 g/mol. The number of hydrogen-bond acceptors (Lipinski definition) is 4. The first-order valence-electron chi connectivity index (χ1n) is 12.1. The van der Waals surface area contributed by atoms with Crippen molar-refractivity contribution in [3.05, 3.63) is 88.4 Å². The molecule has 0 bridgehead atoms. The Morgan fingerprint density at radius 1 is 1.03 bits per heavy atom. The smallest absolute Gasteiger partial charge is 0.325 e. The molecule has 198 valence electrons. The molecule has 10 heteroatoms. The van der Waals surface area contributed by atoms with Crippen molar-refractivity contribution < 1.29 is 18.0 Å². The molecular formula is C28H26ClF3N4OS. The van der Waals surface area contributed by atoms with Gasteiger partial charge in [-0.05, 0) is 55.7 Å². The van der Waals surface area contributed by atoms with Gasteiger partial charge in [0.05, 0.1) is 17.0 Å². The van der Waals surface area contributed by atoms with E-state index in [0.29, 0.717) is 11.0 Å². The minimum absolute atomic E-state index is 0.0675. The van der Waals surface area contributed by atoms with Crippen LogP contribution < -0.4 is 5.32 Å². The van der Waals surface area contributed by atoms with E-state index in [2.05, 4.69) is 34.6 Å². The Balaban J connectivity index is 1.59. The first-order valence-corrected chi connectivity index (χ1v) is 13.4. The molecule has 3 aromatic carbocycles. The molecule has 0 radical (unpaired) electrons. The summed E-state index contributed by atoms with van der Waals surface area (Å²) >= 11 is 6.83.